The number of ether oxygens (including phenoxy) is 1. The van der Waals surface area contributed by atoms with Crippen molar-refractivity contribution < 1.29 is 13.9 Å². The molecule has 1 aromatic carbocycles. The molecule has 0 bridgehead atoms. The zero-order valence-corrected chi connectivity index (χ0v) is 9.29. The maximum Gasteiger partial charge on any atom is 0.337 e. The smallest absolute Gasteiger partial charge is 0.337 e. The minimum atomic E-state index is -1.21. The van der Waals surface area contributed by atoms with Gasteiger partial charge in [-0.2, -0.15) is 0 Å². The van der Waals surface area contributed by atoms with Crippen LogP contribution in [0, 0.1) is 0 Å². The molecule has 0 spiro atoms. The number of hydrogen-bond donors (Lipinski definition) is 0. The normalized spacial score (nSPS) is 24.8. The summed E-state index contributed by atoms with van der Waals surface area (Å²) in [5, 5.41) is 0. The zero-order chi connectivity index (χ0) is 11.8. The van der Waals surface area contributed by atoms with Gasteiger partial charge in [0.15, 0.2) is 11.4 Å². The lowest BCUT2D eigenvalue weighted by molar-refractivity contribution is -0.148. The highest BCUT2D eigenvalue weighted by molar-refractivity contribution is 5.92. The van der Waals surface area contributed by atoms with E-state index in [1.165, 1.54) is 6.92 Å². The molecule has 2 rings (SSSR count). The molecule has 0 N–H and O–H groups in total. The highest BCUT2D eigenvalue weighted by Crippen LogP contribution is 2.44. The molecule has 1 aliphatic rings. The van der Waals surface area contributed by atoms with E-state index >= 15 is 0 Å². The minimum absolute atomic E-state index is 0.0747. The van der Waals surface area contributed by atoms with Gasteiger partial charge in [-0.3, -0.25) is 0 Å². The van der Waals surface area contributed by atoms with Gasteiger partial charge in [-0.05, 0) is 13.3 Å². The maximum atomic E-state index is 14.1. The van der Waals surface area contributed by atoms with Gasteiger partial charge in [0.05, 0.1) is 5.57 Å². The Bertz CT molecular complexity index is 450. The Morgan fingerprint density at radius 1 is 1.31 bits per heavy atom. The third kappa shape index (κ3) is 1.35. The molecule has 0 saturated carbocycles. The van der Waals surface area contributed by atoms with Crippen molar-refractivity contribution in [3.8, 4) is 0 Å². The minimum Gasteiger partial charge on any atom is -0.443 e. The van der Waals surface area contributed by atoms with Gasteiger partial charge in [-0.15, -0.1) is 0 Å². The first-order valence-electron chi connectivity index (χ1n) is 5.27. The molecule has 0 aliphatic carbocycles. The molecule has 0 saturated heterocycles. The summed E-state index contributed by atoms with van der Waals surface area (Å²) >= 11 is 0. The molecule has 0 radical (unpaired) electrons. The van der Waals surface area contributed by atoms with Crippen molar-refractivity contribution in [1.29, 1.82) is 0 Å². The zero-order valence-electron chi connectivity index (χ0n) is 9.29. The summed E-state index contributed by atoms with van der Waals surface area (Å²) in [7, 11) is 0. The van der Waals surface area contributed by atoms with E-state index in [1.54, 1.807) is 19.1 Å². The van der Waals surface area contributed by atoms with Crippen LogP contribution in [0.4, 0.5) is 4.39 Å². The van der Waals surface area contributed by atoms with Gasteiger partial charge < -0.3 is 4.74 Å². The second-order valence-corrected chi connectivity index (χ2v) is 3.88. The lowest BCUT2D eigenvalue weighted by atomic mass is 9.89. The first-order chi connectivity index (χ1) is 7.62. The van der Waals surface area contributed by atoms with Gasteiger partial charge in [-0.25, -0.2) is 9.18 Å². The van der Waals surface area contributed by atoms with Gasteiger partial charge in [0, 0.05) is 5.56 Å². The maximum absolute atomic E-state index is 14.1. The predicted molar refractivity (Wildman–Crippen MR) is 58.3 cm³/mol. The molecule has 1 atom stereocenters. The van der Waals surface area contributed by atoms with Gasteiger partial charge in [-0.1, -0.05) is 37.3 Å². The largest absolute Gasteiger partial charge is 0.443 e. The summed E-state index contributed by atoms with van der Waals surface area (Å²) < 4.78 is 19.3. The van der Waals surface area contributed by atoms with Crippen LogP contribution in [0.2, 0.25) is 0 Å². The molecule has 3 heteroatoms. The van der Waals surface area contributed by atoms with Crippen molar-refractivity contribution in [2.45, 2.75) is 25.9 Å². The molecule has 1 aliphatic heterocycles. The monoisotopic (exact) mass is 220 g/mol. The van der Waals surface area contributed by atoms with Crippen LogP contribution in [-0.4, -0.2) is 5.97 Å². The van der Waals surface area contributed by atoms with Crippen LogP contribution in [0.5, 0.6) is 0 Å². The quantitative estimate of drug-likeness (QED) is 0.716. The van der Waals surface area contributed by atoms with E-state index in [0.717, 1.165) is 0 Å². The van der Waals surface area contributed by atoms with E-state index in [-0.39, 0.29) is 5.57 Å². The molecule has 1 aromatic rings. The summed E-state index contributed by atoms with van der Waals surface area (Å²) in [5.41, 5.74) is -0.450. The Kier molecular flexibility index (Phi) is 2.54. The molecule has 0 amide bonds. The molecule has 1 heterocycles. The highest BCUT2D eigenvalue weighted by Gasteiger charge is 2.47. The Morgan fingerprint density at radius 2 is 1.94 bits per heavy atom. The second-order valence-electron chi connectivity index (χ2n) is 3.88. The second kappa shape index (κ2) is 3.74. The standard InChI is InChI=1S/C13H13FO2/c1-3-13(10-7-5-4-6-8-10)11(14)9(2)12(15)16-13/h4-8H,3H2,1-2H3. The van der Waals surface area contributed by atoms with E-state index in [1.807, 2.05) is 18.2 Å². The predicted octanol–water partition coefficient (Wildman–Crippen LogP) is 3.09. The summed E-state index contributed by atoms with van der Waals surface area (Å²) in [4.78, 5) is 11.4. The number of halogens is 1. The third-order valence-corrected chi connectivity index (χ3v) is 2.99. The topological polar surface area (TPSA) is 26.3 Å². The number of carbonyl (C=O) groups excluding carboxylic acids is 1. The van der Waals surface area contributed by atoms with E-state index in [9.17, 15) is 9.18 Å². The number of carbonyl (C=O) groups is 1. The number of benzene rings is 1. The Balaban J connectivity index is 2.56. The Hall–Kier alpha value is -1.64. The molecular formula is C13H13FO2. The Morgan fingerprint density at radius 3 is 2.38 bits per heavy atom. The molecule has 84 valence electrons. The van der Waals surface area contributed by atoms with Crippen LogP contribution in [0.25, 0.3) is 0 Å². The van der Waals surface area contributed by atoms with Gasteiger partial charge in [0.25, 0.3) is 0 Å². The Labute approximate surface area is 93.7 Å². The fourth-order valence-electron chi connectivity index (χ4n) is 2.00. The van der Waals surface area contributed by atoms with Crippen LogP contribution in [0.1, 0.15) is 25.8 Å². The van der Waals surface area contributed by atoms with Gasteiger partial charge >= 0.3 is 5.97 Å². The summed E-state index contributed by atoms with van der Waals surface area (Å²) in [5.74, 6) is -1.03. The van der Waals surface area contributed by atoms with Crippen molar-refractivity contribution in [1.82, 2.24) is 0 Å². The highest BCUT2D eigenvalue weighted by atomic mass is 19.1. The van der Waals surface area contributed by atoms with Crippen LogP contribution < -0.4 is 0 Å². The van der Waals surface area contributed by atoms with Crippen molar-refractivity contribution in [3.05, 3.63) is 47.3 Å². The average Bonchev–Trinajstić information content (AvgIpc) is 2.55. The summed E-state index contributed by atoms with van der Waals surface area (Å²) in [6.45, 7) is 3.26. The molecule has 1 unspecified atom stereocenters. The van der Waals surface area contributed by atoms with Crippen LogP contribution >= 0.6 is 0 Å². The summed E-state index contributed by atoms with van der Waals surface area (Å²) in [6.07, 6.45) is 0.395. The fraction of sp³-hybridized carbons (Fsp3) is 0.308. The first kappa shape index (κ1) is 10.9. The molecule has 2 nitrogen and oxygen atoms in total. The molecule has 0 aromatic heterocycles. The number of rotatable bonds is 2. The van der Waals surface area contributed by atoms with E-state index in [2.05, 4.69) is 0 Å². The van der Waals surface area contributed by atoms with E-state index in [0.29, 0.717) is 12.0 Å². The lowest BCUT2D eigenvalue weighted by Gasteiger charge is -2.26. The molecule has 0 fully saturated rings. The fourth-order valence-corrected chi connectivity index (χ4v) is 2.00. The van der Waals surface area contributed by atoms with Crippen LogP contribution in [0.15, 0.2) is 41.7 Å². The van der Waals surface area contributed by atoms with Crippen molar-refractivity contribution >= 4 is 5.97 Å². The summed E-state index contributed by atoms with van der Waals surface area (Å²) in [6, 6.07) is 9.01. The van der Waals surface area contributed by atoms with E-state index in [4.69, 9.17) is 4.74 Å². The van der Waals surface area contributed by atoms with Crippen molar-refractivity contribution in [2.24, 2.45) is 0 Å². The average molecular weight is 220 g/mol. The van der Waals surface area contributed by atoms with Gasteiger partial charge in [0.2, 0.25) is 0 Å². The molecule has 16 heavy (non-hydrogen) atoms. The van der Waals surface area contributed by atoms with E-state index < -0.39 is 17.4 Å². The SMILES string of the molecule is CCC1(c2ccccc2)OC(=O)C(C)=C1F. The lowest BCUT2D eigenvalue weighted by Crippen LogP contribution is -2.27. The molecular weight excluding hydrogens is 207 g/mol. The van der Waals surface area contributed by atoms with Crippen LogP contribution in [0.3, 0.4) is 0 Å². The van der Waals surface area contributed by atoms with Crippen molar-refractivity contribution in [3.63, 3.8) is 0 Å². The third-order valence-electron chi connectivity index (χ3n) is 2.99. The van der Waals surface area contributed by atoms with Gasteiger partial charge in [0.1, 0.15) is 0 Å². The van der Waals surface area contributed by atoms with Crippen LogP contribution in [-0.2, 0) is 15.1 Å². The van der Waals surface area contributed by atoms with Crippen molar-refractivity contribution in [2.75, 3.05) is 0 Å². The number of cyclic esters (lactones) is 1. The first-order valence-corrected chi connectivity index (χ1v) is 5.27. The number of hydrogen-bond acceptors (Lipinski definition) is 2. The number of esters is 1.